The third kappa shape index (κ3) is 2.57. The third-order valence-electron chi connectivity index (χ3n) is 4.62. The second kappa shape index (κ2) is 6.09. The van der Waals surface area contributed by atoms with Crippen molar-refractivity contribution in [1.29, 1.82) is 0 Å². The second-order valence-electron chi connectivity index (χ2n) is 6.50. The molecular weight excluding hydrogens is 368 g/mol. The molecule has 29 heavy (non-hydrogen) atoms. The lowest BCUT2D eigenvalue weighted by molar-refractivity contribution is 0.504. The zero-order chi connectivity index (χ0) is 19.2. The molecule has 0 aliphatic rings. The molecule has 10 heteroatoms. The highest BCUT2D eigenvalue weighted by Crippen LogP contribution is 2.22. The number of benzene rings is 1. The van der Waals surface area contributed by atoms with Crippen molar-refractivity contribution in [1.82, 2.24) is 48.9 Å². The van der Waals surface area contributed by atoms with E-state index in [0.717, 1.165) is 16.7 Å². The van der Waals surface area contributed by atoms with Gasteiger partial charge in [0.15, 0.2) is 11.3 Å². The number of para-hydroxylation sites is 1. The van der Waals surface area contributed by atoms with Gasteiger partial charge in [-0.25, -0.2) is 19.2 Å². The average Bonchev–Trinajstić information content (AvgIpc) is 3.53. The van der Waals surface area contributed by atoms with Crippen LogP contribution in [0.25, 0.3) is 33.9 Å². The zero-order valence-corrected chi connectivity index (χ0v) is 15.1. The van der Waals surface area contributed by atoms with E-state index < -0.39 is 0 Å². The molecule has 10 nitrogen and oxygen atoms in total. The highest BCUT2D eigenvalue weighted by atomic mass is 15.4. The van der Waals surface area contributed by atoms with Crippen LogP contribution in [0.4, 0.5) is 0 Å². The number of aromatic nitrogens is 10. The molecule has 0 aliphatic carbocycles. The van der Waals surface area contributed by atoms with E-state index in [0.29, 0.717) is 23.8 Å². The van der Waals surface area contributed by atoms with E-state index >= 15 is 0 Å². The van der Waals surface area contributed by atoms with Crippen molar-refractivity contribution in [3.63, 3.8) is 0 Å². The minimum absolute atomic E-state index is 0.524. The van der Waals surface area contributed by atoms with Gasteiger partial charge in [0.1, 0.15) is 18.7 Å². The highest BCUT2D eigenvalue weighted by Gasteiger charge is 2.15. The van der Waals surface area contributed by atoms with Gasteiger partial charge in [-0.15, -0.1) is 5.10 Å². The summed E-state index contributed by atoms with van der Waals surface area (Å²) in [5.41, 5.74) is 3.04. The van der Waals surface area contributed by atoms with Crippen LogP contribution in [0.15, 0.2) is 73.6 Å². The van der Waals surface area contributed by atoms with Gasteiger partial charge in [0.05, 0.1) is 17.3 Å². The smallest absolute Gasteiger partial charge is 0.202 e. The van der Waals surface area contributed by atoms with E-state index in [4.69, 9.17) is 0 Å². The van der Waals surface area contributed by atoms with Gasteiger partial charge in [-0.05, 0) is 24.3 Å². The average molecular weight is 382 g/mol. The van der Waals surface area contributed by atoms with Gasteiger partial charge >= 0.3 is 0 Å². The predicted octanol–water partition coefficient (Wildman–Crippen LogP) is 2.03. The molecule has 140 valence electrons. The van der Waals surface area contributed by atoms with E-state index in [1.807, 2.05) is 54.9 Å². The number of fused-ring (bicyclic) bond motifs is 3. The summed E-state index contributed by atoms with van der Waals surface area (Å²) in [6, 6.07) is 13.6. The lowest BCUT2D eigenvalue weighted by atomic mass is 10.3. The number of nitrogens with zero attached hydrogens (tertiary/aromatic N) is 10. The van der Waals surface area contributed by atoms with Crippen LogP contribution in [-0.4, -0.2) is 48.9 Å². The SMILES string of the molecule is c1ccc(-n2ncc3c2ncn2nc(-c4ccn(Cn5cccn5)n4)nc32)cc1. The first-order valence-corrected chi connectivity index (χ1v) is 9.01. The second-order valence-corrected chi connectivity index (χ2v) is 6.50. The molecule has 5 aromatic heterocycles. The van der Waals surface area contributed by atoms with Crippen LogP contribution in [0.2, 0.25) is 0 Å². The molecular formula is C19H14N10. The molecule has 0 saturated carbocycles. The van der Waals surface area contributed by atoms with Crippen LogP contribution in [0.5, 0.6) is 0 Å². The van der Waals surface area contributed by atoms with E-state index in [9.17, 15) is 0 Å². The lowest BCUT2D eigenvalue weighted by Gasteiger charge is -2.01. The standard InChI is InChI=1S/C19H14N10/c1-2-5-14(6-3-1)29-18-15(11-22-29)19-23-17(25-28(19)12-20-18)16-7-10-27(24-16)13-26-9-4-8-21-26/h1-12H,13H2. The van der Waals surface area contributed by atoms with E-state index in [-0.39, 0.29) is 0 Å². The molecule has 0 spiro atoms. The zero-order valence-electron chi connectivity index (χ0n) is 15.1. The van der Waals surface area contributed by atoms with Crippen molar-refractivity contribution in [3.8, 4) is 17.2 Å². The fraction of sp³-hybridized carbons (Fsp3) is 0.0526. The summed E-state index contributed by atoms with van der Waals surface area (Å²) in [7, 11) is 0. The van der Waals surface area contributed by atoms with Crippen LogP contribution in [0.1, 0.15) is 0 Å². The Balaban J connectivity index is 1.41. The molecule has 0 bridgehead atoms. The van der Waals surface area contributed by atoms with E-state index in [1.165, 1.54) is 0 Å². The molecule has 0 atom stereocenters. The van der Waals surface area contributed by atoms with Crippen LogP contribution in [-0.2, 0) is 6.67 Å². The van der Waals surface area contributed by atoms with Gasteiger partial charge in [0.2, 0.25) is 5.82 Å². The van der Waals surface area contributed by atoms with E-state index in [2.05, 4.69) is 30.4 Å². The molecule has 0 radical (unpaired) electrons. The van der Waals surface area contributed by atoms with Gasteiger partial charge in [-0.1, -0.05) is 18.2 Å². The minimum atomic E-state index is 0.524. The van der Waals surface area contributed by atoms with Gasteiger partial charge in [0, 0.05) is 18.6 Å². The summed E-state index contributed by atoms with van der Waals surface area (Å²) >= 11 is 0. The first-order valence-electron chi connectivity index (χ1n) is 9.01. The number of hydrogen-bond acceptors (Lipinski definition) is 6. The maximum Gasteiger partial charge on any atom is 0.202 e. The lowest BCUT2D eigenvalue weighted by Crippen LogP contribution is -2.08. The Bertz CT molecular complexity index is 1420. The summed E-state index contributed by atoms with van der Waals surface area (Å²) in [5.74, 6) is 0.533. The van der Waals surface area contributed by atoms with Gasteiger partial charge in [-0.3, -0.25) is 9.36 Å². The Hall–Kier alpha value is -4.34. The summed E-state index contributed by atoms with van der Waals surface area (Å²) in [6.45, 7) is 0.524. The molecule has 1 aromatic carbocycles. The van der Waals surface area contributed by atoms with Crippen LogP contribution in [0.3, 0.4) is 0 Å². The third-order valence-corrected chi connectivity index (χ3v) is 4.62. The number of hydrogen-bond donors (Lipinski definition) is 0. The summed E-state index contributed by atoms with van der Waals surface area (Å²) in [6.07, 6.45) is 8.92. The normalized spacial score (nSPS) is 11.6. The summed E-state index contributed by atoms with van der Waals surface area (Å²) < 4.78 is 7.03. The molecule has 0 amide bonds. The van der Waals surface area contributed by atoms with Crippen molar-refractivity contribution in [2.75, 3.05) is 0 Å². The molecule has 0 unspecified atom stereocenters. The van der Waals surface area contributed by atoms with E-state index in [1.54, 1.807) is 37.3 Å². The molecule has 0 N–H and O–H groups in total. The maximum atomic E-state index is 4.69. The molecule has 6 aromatic rings. The Morgan fingerprint density at radius 1 is 0.828 bits per heavy atom. The molecule has 5 heterocycles. The van der Waals surface area contributed by atoms with Crippen LogP contribution in [0, 0.1) is 0 Å². The fourth-order valence-electron chi connectivity index (χ4n) is 3.28. The van der Waals surface area contributed by atoms with Crippen molar-refractivity contribution >= 4 is 16.7 Å². The quantitative estimate of drug-likeness (QED) is 0.463. The van der Waals surface area contributed by atoms with Crippen LogP contribution >= 0.6 is 0 Å². The molecule has 0 aliphatic heterocycles. The summed E-state index contributed by atoms with van der Waals surface area (Å²) in [4.78, 5) is 9.22. The molecule has 0 saturated heterocycles. The molecule has 0 fully saturated rings. The first-order chi connectivity index (χ1) is 14.3. The predicted molar refractivity (Wildman–Crippen MR) is 104 cm³/mol. The van der Waals surface area contributed by atoms with Crippen molar-refractivity contribution in [2.24, 2.45) is 0 Å². The van der Waals surface area contributed by atoms with Gasteiger partial charge in [-0.2, -0.15) is 15.3 Å². The highest BCUT2D eigenvalue weighted by molar-refractivity contribution is 5.89. The van der Waals surface area contributed by atoms with Crippen molar-refractivity contribution < 1.29 is 0 Å². The Morgan fingerprint density at radius 2 is 1.76 bits per heavy atom. The molecule has 6 rings (SSSR count). The Kier molecular flexibility index (Phi) is 3.30. The Labute approximate surface area is 163 Å². The maximum absolute atomic E-state index is 4.69. The van der Waals surface area contributed by atoms with Crippen molar-refractivity contribution in [2.45, 2.75) is 6.67 Å². The summed E-state index contributed by atoms with van der Waals surface area (Å²) in [5, 5.41) is 18.6. The Morgan fingerprint density at radius 3 is 2.62 bits per heavy atom. The first kappa shape index (κ1) is 15.7. The van der Waals surface area contributed by atoms with Crippen molar-refractivity contribution in [3.05, 3.63) is 73.6 Å². The topological polar surface area (TPSA) is 96.5 Å². The largest absolute Gasteiger partial charge is 0.251 e. The minimum Gasteiger partial charge on any atom is -0.251 e. The monoisotopic (exact) mass is 382 g/mol. The van der Waals surface area contributed by atoms with Gasteiger partial charge < -0.3 is 0 Å². The number of rotatable bonds is 4. The van der Waals surface area contributed by atoms with Crippen LogP contribution < -0.4 is 0 Å². The van der Waals surface area contributed by atoms with Gasteiger partial charge in [0.25, 0.3) is 0 Å². The fourth-order valence-corrected chi connectivity index (χ4v) is 3.28.